The highest BCUT2D eigenvalue weighted by Crippen LogP contribution is 2.21. The van der Waals surface area contributed by atoms with Gasteiger partial charge < -0.3 is 14.6 Å². The highest BCUT2D eigenvalue weighted by atomic mass is 35.5. The molecule has 0 aliphatic carbocycles. The second kappa shape index (κ2) is 6.24. The van der Waals surface area contributed by atoms with Gasteiger partial charge in [0.2, 0.25) is 5.91 Å². The molecule has 6 nitrogen and oxygen atoms in total. The van der Waals surface area contributed by atoms with Crippen molar-refractivity contribution in [2.24, 2.45) is 5.92 Å². The van der Waals surface area contributed by atoms with E-state index in [-0.39, 0.29) is 18.4 Å². The van der Waals surface area contributed by atoms with Crippen LogP contribution in [0.3, 0.4) is 0 Å². The van der Waals surface area contributed by atoms with Crippen LogP contribution in [0, 0.1) is 5.92 Å². The number of carbonyl (C=O) groups is 1. The Kier molecular flexibility index (Phi) is 4.17. The molecule has 0 bridgehead atoms. The van der Waals surface area contributed by atoms with E-state index in [2.05, 4.69) is 15.5 Å². The molecule has 1 atom stereocenters. The van der Waals surface area contributed by atoms with Crippen molar-refractivity contribution in [3.8, 4) is 11.5 Å². The Labute approximate surface area is 126 Å². The Morgan fingerprint density at radius 2 is 2.38 bits per heavy atom. The van der Waals surface area contributed by atoms with Gasteiger partial charge in [-0.3, -0.25) is 4.79 Å². The fraction of sp³-hybridized carbons (Fsp3) is 0.357. The standard InChI is InChI=1S/C14H14ClN3O3/c15-11-3-1-2-9(6-11)14-17-12(18-21-14)7-16-13(19)10-4-5-20-8-10/h1-3,6,10H,4-5,7-8H2,(H,16,19)/t10-/m0/s1. The number of nitrogens with zero attached hydrogens (tertiary/aromatic N) is 2. The van der Waals surface area contributed by atoms with E-state index >= 15 is 0 Å². The molecule has 21 heavy (non-hydrogen) atoms. The fourth-order valence-corrected chi connectivity index (χ4v) is 2.31. The summed E-state index contributed by atoms with van der Waals surface area (Å²) in [6, 6.07) is 7.15. The highest BCUT2D eigenvalue weighted by molar-refractivity contribution is 6.30. The largest absolute Gasteiger partial charge is 0.381 e. The summed E-state index contributed by atoms with van der Waals surface area (Å²) in [5.74, 6) is 0.689. The summed E-state index contributed by atoms with van der Waals surface area (Å²) < 4.78 is 10.3. The van der Waals surface area contributed by atoms with Crippen LogP contribution < -0.4 is 5.32 Å². The number of ether oxygens (including phenoxy) is 1. The number of halogens is 1. The van der Waals surface area contributed by atoms with E-state index in [0.29, 0.717) is 30.0 Å². The van der Waals surface area contributed by atoms with Crippen LogP contribution in [0.4, 0.5) is 0 Å². The lowest BCUT2D eigenvalue weighted by atomic mass is 10.1. The third-order valence-corrected chi connectivity index (χ3v) is 3.50. The quantitative estimate of drug-likeness (QED) is 0.935. The molecule has 1 saturated heterocycles. The molecule has 1 aliphatic rings. The summed E-state index contributed by atoms with van der Waals surface area (Å²) in [6.45, 7) is 1.35. The highest BCUT2D eigenvalue weighted by Gasteiger charge is 2.23. The summed E-state index contributed by atoms with van der Waals surface area (Å²) in [6.07, 6.45) is 0.756. The first-order valence-corrected chi connectivity index (χ1v) is 7.04. The average Bonchev–Trinajstić information content (AvgIpc) is 3.16. The van der Waals surface area contributed by atoms with Crippen molar-refractivity contribution >= 4 is 17.5 Å². The molecule has 1 aliphatic heterocycles. The van der Waals surface area contributed by atoms with Gasteiger partial charge in [-0.1, -0.05) is 22.8 Å². The second-order valence-corrected chi connectivity index (χ2v) is 5.24. The SMILES string of the molecule is O=C(NCc1noc(-c2cccc(Cl)c2)n1)[C@H]1CCOC1. The Morgan fingerprint density at radius 3 is 3.14 bits per heavy atom. The summed E-state index contributed by atoms with van der Waals surface area (Å²) >= 11 is 5.92. The maximum atomic E-state index is 11.8. The van der Waals surface area contributed by atoms with Crippen molar-refractivity contribution in [2.45, 2.75) is 13.0 Å². The second-order valence-electron chi connectivity index (χ2n) is 4.80. The minimum atomic E-state index is -0.0794. The molecule has 2 aromatic rings. The summed E-state index contributed by atoms with van der Waals surface area (Å²) in [7, 11) is 0. The Balaban J connectivity index is 1.61. The molecule has 1 N–H and O–H groups in total. The molecule has 110 valence electrons. The van der Waals surface area contributed by atoms with Crippen molar-refractivity contribution < 1.29 is 14.1 Å². The average molecular weight is 308 g/mol. The molecule has 0 saturated carbocycles. The van der Waals surface area contributed by atoms with E-state index in [0.717, 1.165) is 12.0 Å². The molecular formula is C14H14ClN3O3. The van der Waals surface area contributed by atoms with Crippen molar-refractivity contribution in [3.63, 3.8) is 0 Å². The van der Waals surface area contributed by atoms with Crippen molar-refractivity contribution in [3.05, 3.63) is 35.1 Å². The van der Waals surface area contributed by atoms with E-state index in [4.69, 9.17) is 20.9 Å². The van der Waals surface area contributed by atoms with Crippen LogP contribution in [0.5, 0.6) is 0 Å². The smallest absolute Gasteiger partial charge is 0.258 e. The zero-order valence-corrected chi connectivity index (χ0v) is 12.0. The van der Waals surface area contributed by atoms with Gasteiger partial charge in [0, 0.05) is 17.2 Å². The lowest BCUT2D eigenvalue weighted by Gasteiger charge is -2.06. The molecule has 1 amide bonds. The first-order chi connectivity index (χ1) is 10.2. The topological polar surface area (TPSA) is 77.3 Å². The Bertz CT molecular complexity index is 638. The Morgan fingerprint density at radius 1 is 1.48 bits per heavy atom. The van der Waals surface area contributed by atoms with Gasteiger partial charge in [-0.25, -0.2) is 0 Å². The van der Waals surface area contributed by atoms with Crippen LogP contribution in [0.15, 0.2) is 28.8 Å². The summed E-state index contributed by atoms with van der Waals surface area (Å²) in [5, 5.41) is 7.23. The number of benzene rings is 1. The van der Waals surface area contributed by atoms with Crippen molar-refractivity contribution in [1.82, 2.24) is 15.5 Å². The normalized spacial score (nSPS) is 17.9. The predicted octanol–water partition coefficient (Wildman–Crippen LogP) is 2.04. The molecule has 0 radical (unpaired) electrons. The van der Waals surface area contributed by atoms with Gasteiger partial charge in [0.05, 0.1) is 19.1 Å². The van der Waals surface area contributed by atoms with E-state index in [9.17, 15) is 4.79 Å². The third kappa shape index (κ3) is 3.40. The predicted molar refractivity (Wildman–Crippen MR) is 75.5 cm³/mol. The van der Waals surface area contributed by atoms with Crippen LogP contribution in [0.2, 0.25) is 5.02 Å². The molecule has 1 aromatic carbocycles. The van der Waals surface area contributed by atoms with Gasteiger partial charge in [-0.15, -0.1) is 0 Å². The van der Waals surface area contributed by atoms with Crippen molar-refractivity contribution in [2.75, 3.05) is 13.2 Å². The zero-order valence-electron chi connectivity index (χ0n) is 11.2. The van der Waals surface area contributed by atoms with Crippen LogP contribution in [0.1, 0.15) is 12.2 Å². The maximum Gasteiger partial charge on any atom is 0.258 e. The van der Waals surface area contributed by atoms with Gasteiger partial charge in [-0.05, 0) is 24.6 Å². The number of amides is 1. The molecule has 2 heterocycles. The van der Waals surface area contributed by atoms with E-state index < -0.39 is 0 Å². The van der Waals surface area contributed by atoms with E-state index in [1.165, 1.54) is 0 Å². The molecule has 3 rings (SSSR count). The van der Waals surface area contributed by atoms with Crippen LogP contribution >= 0.6 is 11.6 Å². The molecule has 7 heteroatoms. The number of nitrogens with one attached hydrogen (secondary N) is 1. The third-order valence-electron chi connectivity index (χ3n) is 3.26. The molecule has 1 aromatic heterocycles. The first kappa shape index (κ1) is 14.0. The molecular weight excluding hydrogens is 294 g/mol. The number of hydrogen-bond donors (Lipinski definition) is 1. The number of carbonyl (C=O) groups excluding carboxylic acids is 1. The van der Waals surface area contributed by atoms with Gasteiger partial charge in [0.25, 0.3) is 5.89 Å². The zero-order chi connectivity index (χ0) is 14.7. The number of hydrogen-bond acceptors (Lipinski definition) is 5. The van der Waals surface area contributed by atoms with Crippen LogP contribution in [0.25, 0.3) is 11.5 Å². The lowest BCUT2D eigenvalue weighted by Crippen LogP contribution is -2.30. The monoisotopic (exact) mass is 307 g/mol. The van der Waals surface area contributed by atoms with Crippen LogP contribution in [-0.2, 0) is 16.1 Å². The lowest BCUT2D eigenvalue weighted by molar-refractivity contribution is -0.125. The molecule has 0 unspecified atom stereocenters. The van der Waals surface area contributed by atoms with Gasteiger partial charge in [0.15, 0.2) is 5.82 Å². The molecule has 1 fully saturated rings. The van der Waals surface area contributed by atoms with Gasteiger partial charge in [0.1, 0.15) is 0 Å². The van der Waals surface area contributed by atoms with E-state index in [1.807, 2.05) is 12.1 Å². The van der Waals surface area contributed by atoms with Crippen LogP contribution in [-0.4, -0.2) is 29.3 Å². The van der Waals surface area contributed by atoms with Crippen molar-refractivity contribution in [1.29, 1.82) is 0 Å². The summed E-state index contributed by atoms with van der Waals surface area (Å²) in [4.78, 5) is 16.1. The van der Waals surface area contributed by atoms with Gasteiger partial charge in [-0.2, -0.15) is 4.98 Å². The number of rotatable bonds is 4. The summed E-state index contributed by atoms with van der Waals surface area (Å²) in [5.41, 5.74) is 0.747. The number of aromatic nitrogens is 2. The fourth-order valence-electron chi connectivity index (χ4n) is 2.12. The first-order valence-electron chi connectivity index (χ1n) is 6.66. The minimum absolute atomic E-state index is 0.0402. The Hall–Kier alpha value is -1.92. The van der Waals surface area contributed by atoms with E-state index in [1.54, 1.807) is 12.1 Å². The molecule has 0 spiro atoms. The minimum Gasteiger partial charge on any atom is -0.381 e. The van der Waals surface area contributed by atoms with Gasteiger partial charge >= 0.3 is 0 Å². The maximum absolute atomic E-state index is 11.8.